The molecule has 174 valence electrons. The van der Waals surface area contributed by atoms with E-state index in [1.807, 2.05) is 0 Å². The van der Waals surface area contributed by atoms with Crippen molar-refractivity contribution in [2.75, 3.05) is 45.8 Å². The van der Waals surface area contributed by atoms with Crippen molar-refractivity contribution in [3.63, 3.8) is 0 Å². The first kappa shape index (κ1) is 22.3. The number of imidazole rings is 1. The SMILES string of the molecule is Cc1ccc(-n2c(=S)n(CN3CCN(CC(=O)N4CCCCC4)CC3)c3ccccc32)cc1. The molecular weight excluding hydrogens is 430 g/mol. The fraction of sp³-hybridized carbons (Fsp3) is 0.462. The van der Waals surface area contributed by atoms with Crippen molar-refractivity contribution in [2.45, 2.75) is 32.9 Å². The van der Waals surface area contributed by atoms with E-state index in [1.54, 1.807) is 0 Å². The minimum absolute atomic E-state index is 0.298. The van der Waals surface area contributed by atoms with Gasteiger partial charge in [0.1, 0.15) is 0 Å². The van der Waals surface area contributed by atoms with Crippen LogP contribution < -0.4 is 0 Å². The molecule has 0 atom stereocenters. The molecule has 6 nitrogen and oxygen atoms in total. The molecule has 7 heteroatoms. The predicted octanol–water partition coefficient (Wildman–Crippen LogP) is 4.06. The molecule has 2 aliphatic rings. The molecule has 2 saturated heterocycles. The molecule has 0 saturated carbocycles. The van der Waals surface area contributed by atoms with E-state index in [0.29, 0.717) is 12.5 Å². The van der Waals surface area contributed by atoms with Gasteiger partial charge < -0.3 is 9.47 Å². The van der Waals surface area contributed by atoms with Crippen LogP contribution in [-0.4, -0.2) is 75.6 Å². The Bertz CT molecular complexity index is 1170. The van der Waals surface area contributed by atoms with E-state index < -0.39 is 0 Å². The number of nitrogens with zero attached hydrogens (tertiary/aromatic N) is 5. The van der Waals surface area contributed by atoms with Gasteiger partial charge in [0.05, 0.1) is 24.2 Å². The smallest absolute Gasteiger partial charge is 0.236 e. The molecule has 0 aliphatic carbocycles. The van der Waals surface area contributed by atoms with Gasteiger partial charge in [0, 0.05) is 45.0 Å². The summed E-state index contributed by atoms with van der Waals surface area (Å²) in [4.78, 5) is 19.4. The summed E-state index contributed by atoms with van der Waals surface area (Å²) in [7, 11) is 0. The molecule has 0 N–H and O–H groups in total. The summed E-state index contributed by atoms with van der Waals surface area (Å²) in [5, 5.41) is 0. The third-order valence-corrected chi connectivity index (χ3v) is 7.40. The Hall–Kier alpha value is -2.48. The van der Waals surface area contributed by atoms with Crippen LogP contribution in [0.3, 0.4) is 0 Å². The molecule has 0 bridgehead atoms. The third-order valence-electron chi connectivity index (χ3n) is 7.00. The highest BCUT2D eigenvalue weighted by atomic mass is 32.1. The number of amides is 1. The molecule has 0 spiro atoms. The van der Waals surface area contributed by atoms with E-state index in [2.05, 4.69) is 79.3 Å². The lowest BCUT2D eigenvalue weighted by Gasteiger charge is -2.36. The zero-order chi connectivity index (χ0) is 22.8. The summed E-state index contributed by atoms with van der Waals surface area (Å²) in [5.74, 6) is 0.298. The zero-order valence-electron chi connectivity index (χ0n) is 19.4. The van der Waals surface area contributed by atoms with Crippen molar-refractivity contribution in [1.82, 2.24) is 23.8 Å². The standard InChI is InChI=1S/C26H33N5OS/c1-21-9-11-22(12-10-21)31-24-8-4-3-7-23(24)30(26(31)33)20-28-17-15-27(16-18-28)19-25(32)29-13-5-2-6-14-29/h3-4,7-12H,2,5-6,13-20H2,1H3. The molecule has 1 aromatic heterocycles. The molecule has 0 unspecified atom stereocenters. The van der Waals surface area contributed by atoms with Gasteiger partial charge in [0.25, 0.3) is 0 Å². The number of hydrogen-bond donors (Lipinski definition) is 0. The number of benzene rings is 2. The van der Waals surface area contributed by atoms with Gasteiger partial charge >= 0.3 is 0 Å². The second-order valence-corrected chi connectivity index (χ2v) is 9.71. The summed E-state index contributed by atoms with van der Waals surface area (Å²) in [6, 6.07) is 17.0. The average Bonchev–Trinajstić information content (AvgIpc) is 3.12. The summed E-state index contributed by atoms with van der Waals surface area (Å²) >= 11 is 5.97. The van der Waals surface area contributed by atoms with E-state index in [9.17, 15) is 4.79 Å². The normalized spacial score (nSPS) is 18.2. The fourth-order valence-corrected chi connectivity index (χ4v) is 5.37. The highest BCUT2D eigenvalue weighted by molar-refractivity contribution is 7.71. The quantitative estimate of drug-likeness (QED) is 0.535. The number of hydrogen-bond acceptors (Lipinski definition) is 4. The first-order valence-electron chi connectivity index (χ1n) is 12.1. The van der Waals surface area contributed by atoms with E-state index in [0.717, 1.165) is 80.3 Å². The fourth-order valence-electron chi connectivity index (χ4n) is 5.01. The second kappa shape index (κ2) is 9.79. The minimum atomic E-state index is 0.298. The molecule has 2 aliphatic heterocycles. The lowest BCUT2D eigenvalue weighted by atomic mass is 10.1. The Labute approximate surface area is 201 Å². The lowest BCUT2D eigenvalue weighted by molar-refractivity contribution is -0.133. The van der Waals surface area contributed by atoms with Crippen LogP contribution in [-0.2, 0) is 11.5 Å². The Kier molecular flexibility index (Phi) is 6.62. The third kappa shape index (κ3) is 4.76. The number of carbonyl (C=O) groups is 1. The van der Waals surface area contributed by atoms with Crippen molar-refractivity contribution in [3.05, 3.63) is 58.9 Å². The Balaban J connectivity index is 1.28. The van der Waals surface area contributed by atoms with Crippen molar-refractivity contribution < 1.29 is 4.79 Å². The Morgan fingerprint density at radius 3 is 2.15 bits per heavy atom. The number of fused-ring (bicyclic) bond motifs is 1. The molecule has 33 heavy (non-hydrogen) atoms. The molecule has 1 amide bonds. The second-order valence-electron chi connectivity index (χ2n) is 9.35. The Morgan fingerprint density at radius 2 is 1.45 bits per heavy atom. The highest BCUT2D eigenvalue weighted by Crippen LogP contribution is 2.23. The summed E-state index contributed by atoms with van der Waals surface area (Å²) < 4.78 is 5.25. The van der Waals surface area contributed by atoms with Crippen LogP contribution in [0, 0.1) is 11.7 Å². The number of para-hydroxylation sites is 2. The van der Waals surface area contributed by atoms with Crippen LogP contribution in [0.1, 0.15) is 24.8 Å². The summed E-state index contributed by atoms with van der Waals surface area (Å²) in [6.07, 6.45) is 3.55. The molecule has 2 aromatic carbocycles. The Morgan fingerprint density at radius 1 is 0.818 bits per heavy atom. The first-order valence-corrected chi connectivity index (χ1v) is 12.5. The van der Waals surface area contributed by atoms with Crippen LogP contribution in [0.5, 0.6) is 0 Å². The molecular formula is C26H33N5OS. The monoisotopic (exact) mass is 463 g/mol. The topological polar surface area (TPSA) is 36.6 Å². The zero-order valence-corrected chi connectivity index (χ0v) is 20.3. The largest absolute Gasteiger partial charge is 0.342 e. The van der Waals surface area contributed by atoms with Gasteiger partial charge in [-0.2, -0.15) is 0 Å². The summed E-state index contributed by atoms with van der Waals surface area (Å²) in [5.41, 5.74) is 4.63. The maximum Gasteiger partial charge on any atom is 0.236 e. The van der Waals surface area contributed by atoms with Crippen molar-refractivity contribution >= 4 is 29.2 Å². The molecule has 5 rings (SSSR count). The highest BCUT2D eigenvalue weighted by Gasteiger charge is 2.23. The van der Waals surface area contributed by atoms with Crippen LogP contribution in [0.2, 0.25) is 0 Å². The summed E-state index contributed by atoms with van der Waals surface area (Å²) in [6.45, 7) is 9.02. The molecule has 0 radical (unpaired) electrons. The maximum absolute atomic E-state index is 12.6. The average molecular weight is 464 g/mol. The van der Waals surface area contributed by atoms with E-state index >= 15 is 0 Å². The number of piperidine rings is 1. The van der Waals surface area contributed by atoms with Gasteiger partial charge in [-0.25, -0.2) is 0 Å². The molecule has 3 heterocycles. The van der Waals surface area contributed by atoms with Gasteiger partial charge in [0.2, 0.25) is 5.91 Å². The van der Waals surface area contributed by atoms with Gasteiger partial charge in [0.15, 0.2) is 4.77 Å². The van der Waals surface area contributed by atoms with Crippen LogP contribution in [0.4, 0.5) is 0 Å². The van der Waals surface area contributed by atoms with Gasteiger partial charge in [-0.1, -0.05) is 29.8 Å². The number of likely N-dealkylation sites (tertiary alicyclic amines) is 1. The van der Waals surface area contributed by atoms with Crippen molar-refractivity contribution in [3.8, 4) is 5.69 Å². The van der Waals surface area contributed by atoms with Gasteiger partial charge in [-0.05, 0) is 62.7 Å². The van der Waals surface area contributed by atoms with Crippen LogP contribution in [0.25, 0.3) is 16.7 Å². The number of aryl methyl sites for hydroxylation is 1. The number of aromatic nitrogens is 2. The van der Waals surface area contributed by atoms with E-state index in [1.165, 1.54) is 12.0 Å². The minimum Gasteiger partial charge on any atom is -0.342 e. The lowest BCUT2D eigenvalue weighted by Crippen LogP contribution is -2.50. The maximum atomic E-state index is 12.6. The van der Waals surface area contributed by atoms with E-state index in [4.69, 9.17) is 12.2 Å². The first-order chi connectivity index (χ1) is 16.1. The van der Waals surface area contributed by atoms with Crippen LogP contribution in [0.15, 0.2) is 48.5 Å². The van der Waals surface area contributed by atoms with Crippen molar-refractivity contribution in [1.29, 1.82) is 0 Å². The van der Waals surface area contributed by atoms with Gasteiger partial charge in [-0.15, -0.1) is 0 Å². The van der Waals surface area contributed by atoms with E-state index in [-0.39, 0.29) is 0 Å². The molecule has 2 fully saturated rings. The number of piperazine rings is 1. The van der Waals surface area contributed by atoms with Crippen molar-refractivity contribution in [2.24, 2.45) is 0 Å². The molecule has 3 aromatic rings. The van der Waals surface area contributed by atoms with Gasteiger partial charge in [-0.3, -0.25) is 19.2 Å². The number of rotatable bonds is 5. The predicted molar refractivity (Wildman–Crippen MR) is 135 cm³/mol. The number of carbonyl (C=O) groups excluding carboxylic acids is 1. The van der Waals surface area contributed by atoms with Crippen LogP contribution >= 0.6 is 12.2 Å².